The van der Waals surface area contributed by atoms with Gasteiger partial charge in [0, 0.05) is 45.2 Å². The van der Waals surface area contributed by atoms with Gasteiger partial charge in [-0.2, -0.15) is 4.31 Å². The number of rotatable bonds is 3. The first kappa shape index (κ1) is 18.3. The molecule has 1 aliphatic rings. The Morgan fingerprint density at radius 1 is 1.17 bits per heavy atom. The first-order valence-electron chi connectivity index (χ1n) is 7.66. The Balaban J connectivity index is 2.40. The van der Waals surface area contributed by atoms with Crippen molar-refractivity contribution in [2.75, 3.05) is 26.2 Å². The molecule has 1 aromatic carbocycles. The van der Waals surface area contributed by atoms with E-state index in [0.29, 0.717) is 30.6 Å². The number of hydrogen-bond donors (Lipinski definition) is 0. The summed E-state index contributed by atoms with van der Waals surface area (Å²) < 4.78 is 27.2. The molecule has 0 aromatic heterocycles. The van der Waals surface area contributed by atoms with Gasteiger partial charge in [0.25, 0.3) is 5.69 Å². The summed E-state index contributed by atoms with van der Waals surface area (Å²) in [6, 6.07) is 2.49. The normalized spacial score (nSPS) is 16.7. The van der Waals surface area contributed by atoms with Crippen LogP contribution in [0.15, 0.2) is 17.0 Å². The molecule has 2 rings (SSSR count). The van der Waals surface area contributed by atoms with Gasteiger partial charge in [-0.3, -0.25) is 14.9 Å². The van der Waals surface area contributed by atoms with Crippen LogP contribution >= 0.6 is 0 Å². The number of non-ortho nitro benzene ring substituents is 1. The van der Waals surface area contributed by atoms with Gasteiger partial charge in [-0.05, 0) is 31.4 Å². The van der Waals surface area contributed by atoms with Crippen LogP contribution in [-0.4, -0.2) is 54.6 Å². The van der Waals surface area contributed by atoms with Crippen LogP contribution in [0.3, 0.4) is 0 Å². The van der Waals surface area contributed by atoms with Gasteiger partial charge in [0.2, 0.25) is 15.9 Å². The SMILES string of the molecule is CC(=O)N1CCCN(S(=O)(=O)c2cc([N+](=O)[O-])cc(C)c2C)CC1. The van der Waals surface area contributed by atoms with Crippen molar-refractivity contribution in [3.8, 4) is 0 Å². The number of nitrogens with zero attached hydrogens (tertiary/aromatic N) is 3. The quantitative estimate of drug-likeness (QED) is 0.603. The molecular formula is C15H21N3O5S. The van der Waals surface area contributed by atoms with Crippen molar-refractivity contribution in [3.63, 3.8) is 0 Å². The molecule has 1 heterocycles. The molecule has 1 fully saturated rings. The van der Waals surface area contributed by atoms with Crippen LogP contribution in [0.5, 0.6) is 0 Å². The second-order valence-corrected chi connectivity index (χ2v) is 7.81. The molecule has 0 radical (unpaired) electrons. The third kappa shape index (κ3) is 3.57. The molecule has 8 nitrogen and oxygen atoms in total. The number of benzene rings is 1. The van der Waals surface area contributed by atoms with Crippen molar-refractivity contribution in [1.82, 2.24) is 9.21 Å². The maximum Gasteiger partial charge on any atom is 0.271 e. The maximum absolute atomic E-state index is 13.0. The zero-order valence-corrected chi connectivity index (χ0v) is 14.8. The van der Waals surface area contributed by atoms with E-state index in [4.69, 9.17) is 0 Å². The van der Waals surface area contributed by atoms with Crippen LogP contribution in [-0.2, 0) is 14.8 Å². The van der Waals surface area contributed by atoms with Crippen LogP contribution in [0.4, 0.5) is 5.69 Å². The van der Waals surface area contributed by atoms with Crippen LogP contribution in [0.25, 0.3) is 0 Å². The second kappa shape index (κ2) is 6.86. The van der Waals surface area contributed by atoms with Crippen molar-refractivity contribution in [2.45, 2.75) is 32.1 Å². The summed E-state index contributed by atoms with van der Waals surface area (Å²) in [4.78, 5) is 23.5. The van der Waals surface area contributed by atoms with Gasteiger partial charge in [-0.1, -0.05) is 0 Å². The van der Waals surface area contributed by atoms with Gasteiger partial charge >= 0.3 is 0 Å². The topological polar surface area (TPSA) is 101 Å². The van der Waals surface area contributed by atoms with E-state index in [1.165, 1.54) is 17.3 Å². The highest BCUT2D eigenvalue weighted by atomic mass is 32.2. The van der Waals surface area contributed by atoms with Crippen molar-refractivity contribution < 1.29 is 18.1 Å². The fourth-order valence-electron chi connectivity index (χ4n) is 2.77. The monoisotopic (exact) mass is 355 g/mol. The second-order valence-electron chi connectivity index (χ2n) is 5.91. The Morgan fingerprint density at radius 2 is 1.83 bits per heavy atom. The van der Waals surface area contributed by atoms with E-state index < -0.39 is 14.9 Å². The van der Waals surface area contributed by atoms with Crippen molar-refractivity contribution in [1.29, 1.82) is 0 Å². The van der Waals surface area contributed by atoms with Crippen LogP contribution in [0, 0.1) is 24.0 Å². The van der Waals surface area contributed by atoms with Gasteiger partial charge in [-0.15, -0.1) is 0 Å². The lowest BCUT2D eigenvalue weighted by molar-refractivity contribution is -0.385. The average Bonchev–Trinajstić information content (AvgIpc) is 2.75. The lowest BCUT2D eigenvalue weighted by atomic mass is 10.1. The largest absolute Gasteiger partial charge is 0.342 e. The molecule has 24 heavy (non-hydrogen) atoms. The molecule has 0 bridgehead atoms. The Hall–Kier alpha value is -2.00. The molecule has 0 spiro atoms. The third-order valence-electron chi connectivity index (χ3n) is 4.33. The highest BCUT2D eigenvalue weighted by Gasteiger charge is 2.30. The van der Waals surface area contributed by atoms with Crippen LogP contribution in [0.2, 0.25) is 0 Å². The number of carbonyl (C=O) groups is 1. The standard InChI is InChI=1S/C15H21N3O5S/c1-11-9-14(18(20)21)10-15(12(11)2)24(22,23)17-6-4-5-16(7-8-17)13(3)19/h9-10H,4-8H2,1-3H3. The Kier molecular flexibility index (Phi) is 5.24. The molecule has 1 aromatic rings. The van der Waals surface area contributed by atoms with E-state index >= 15 is 0 Å². The van der Waals surface area contributed by atoms with Crippen molar-refractivity contribution in [2.24, 2.45) is 0 Å². The van der Waals surface area contributed by atoms with Crippen LogP contribution < -0.4 is 0 Å². The Labute approximate surface area is 141 Å². The minimum atomic E-state index is -3.85. The third-order valence-corrected chi connectivity index (χ3v) is 6.36. The number of nitro benzene ring substituents is 1. The summed E-state index contributed by atoms with van der Waals surface area (Å²) >= 11 is 0. The first-order chi connectivity index (χ1) is 11.1. The molecule has 1 amide bonds. The summed E-state index contributed by atoms with van der Waals surface area (Å²) in [5.41, 5.74) is 0.827. The number of amides is 1. The van der Waals surface area contributed by atoms with E-state index in [9.17, 15) is 23.3 Å². The number of hydrogen-bond acceptors (Lipinski definition) is 5. The first-order valence-corrected chi connectivity index (χ1v) is 9.10. The summed E-state index contributed by atoms with van der Waals surface area (Å²) in [5, 5.41) is 11.0. The van der Waals surface area contributed by atoms with E-state index in [0.717, 1.165) is 6.07 Å². The van der Waals surface area contributed by atoms with Gasteiger partial charge in [0.15, 0.2) is 0 Å². The summed E-state index contributed by atoms with van der Waals surface area (Å²) in [7, 11) is -3.85. The van der Waals surface area contributed by atoms with Crippen molar-refractivity contribution in [3.05, 3.63) is 33.4 Å². The highest BCUT2D eigenvalue weighted by molar-refractivity contribution is 7.89. The highest BCUT2D eigenvalue weighted by Crippen LogP contribution is 2.28. The molecule has 0 saturated carbocycles. The molecule has 0 atom stereocenters. The van der Waals surface area contributed by atoms with Gasteiger partial charge < -0.3 is 4.90 Å². The summed E-state index contributed by atoms with van der Waals surface area (Å²) in [6.07, 6.45) is 0.533. The minimum absolute atomic E-state index is 0.0366. The predicted molar refractivity (Wildman–Crippen MR) is 88.2 cm³/mol. The summed E-state index contributed by atoms with van der Waals surface area (Å²) in [6.45, 7) is 6.05. The molecule has 132 valence electrons. The lowest BCUT2D eigenvalue weighted by Gasteiger charge is -2.22. The number of nitro groups is 1. The maximum atomic E-state index is 13.0. The number of carbonyl (C=O) groups excluding carboxylic acids is 1. The zero-order chi connectivity index (χ0) is 18.1. The average molecular weight is 355 g/mol. The molecule has 9 heteroatoms. The molecule has 0 unspecified atom stereocenters. The van der Waals surface area contributed by atoms with Gasteiger partial charge in [0.1, 0.15) is 0 Å². The van der Waals surface area contributed by atoms with E-state index in [-0.39, 0.29) is 29.6 Å². The zero-order valence-electron chi connectivity index (χ0n) is 14.0. The summed E-state index contributed by atoms with van der Waals surface area (Å²) in [5.74, 6) is -0.0865. The minimum Gasteiger partial charge on any atom is -0.342 e. The van der Waals surface area contributed by atoms with Gasteiger partial charge in [-0.25, -0.2) is 8.42 Å². The molecule has 0 N–H and O–H groups in total. The van der Waals surface area contributed by atoms with E-state index in [1.54, 1.807) is 18.7 Å². The molecule has 1 aliphatic heterocycles. The molecule has 0 aliphatic carbocycles. The van der Waals surface area contributed by atoms with E-state index in [1.807, 2.05) is 0 Å². The number of aryl methyl sites for hydroxylation is 1. The molecule has 1 saturated heterocycles. The van der Waals surface area contributed by atoms with Gasteiger partial charge in [0.05, 0.1) is 9.82 Å². The number of sulfonamides is 1. The molecular weight excluding hydrogens is 334 g/mol. The Bertz CT molecular complexity index is 776. The van der Waals surface area contributed by atoms with Crippen molar-refractivity contribution >= 4 is 21.6 Å². The van der Waals surface area contributed by atoms with E-state index in [2.05, 4.69) is 0 Å². The van der Waals surface area contributed by atoms with Crippen LogP contribution in [0.1, 0.15) is 24.5 Å². The fourth-order valence-corrected chi connectivity index (χ4v) is 4.56. The fraction of sp³-hybridized carbons (Fsp3) is 0.533. The predicted octanol–water partition coefficient (Wildman–Crippen LogP) is 1.45. The Morgan fingerprint density at radius 3 is 2.42 bits per heavy atom. The smallest absolute Gasteiger partial charge is 0.271 e. The lowest BCUT2D eigenvalue weighted by Crippen LogP contribution is -2.36.